The summed E-state index contributed by atoms with van der Waals surface area (Å²) in [7, 11) is 0. The molecule has 0 saturated carbocycles. The third-order valence-corrected chi connectivity index (χ3v) is 3.17. The Morgan fingerprint density at radius 1 is 1.00 bits per heavy atom. The van der Waals surface area contributed by atoms with Crippen LogP contribution in [0.5, 0.6) is 0 Å². The number of pyridine rings is 1. The molecule has 0 aliphatic rings. The van der Waals surface area contributed by atoms with Crippen molar-refractivity contribution in [2.75, 3.05) is 5.73 Å². The van der Waals surface area contributed by atoms with Gasteiger partial charge in [-0.15, -0.1) is 0 Å². The molecular formula is C15H11ClN2. The average molecular weight is 255 g/mol. The van der Waals surface area contributed by atoms with Gasteiger partial charge in [0.25, 0.3) is 0 Å². The maximum atomic E-state index is 5.99. The molecule has 0 amide bonds. The van der Waals surface area contributed by atoms with E-state index in [9.17, 15) is 0 Å². The van der Waals surface area contributed by atoms with Crippen molar-refractivity contribution in [3.05, 3.63) is 59.8 Å². The summed E-state index contributed by atoms with van der Waals surface area (Å²) in [6, 6.07) is 15.6. The molecule has 0 atom stereocenters. The molecular weight excluding hydrogens is 244 g/mol. The molecule has 0 radical (unpaired) electrons. The summed E-state index contributed by atoms with van der Waals surface area (Å²) in [4.78, 5) is 4.35. The molecule has 0 unspecified atom stereocenters. The molecule has 3 aromatic rings. The molecule has 88 valence electrons. The van der Waals surface area contributed by atoms with Crippen molar-refractivity contribution in [2.24, 2.45) is 0 Å². The Morgan fingerprint density at radius 2 is 1.89 bits per heavy atom. The molecule has 0 saturated heterocycles. The smallest absolute Gasteiger partial charge is 0.0708 e. The Labute approximate surface area is 110 Å². The quantitative estimate of drug-likeness (QED) is 0.663. The fourth-order valence-corrected chi connectivity index (χ4v) is 2.21. The average Bonchev–Trinajstić information content (AvgIpc) is 2.38. The maximum absolute atomic E-state index is 5.99. The molecule has 2 aromatic carbocycles. The number of hydrogen-bond donors (Lipinski definition) is 1. The molecule has 0 bridgehead atoms. The minimum Gasteiger partial charge on any atom is -0.398 e. The topological polar surface area (TPSA) is 38.9 Å². The van der Waals surface area contributed by atoms with Gasteiger partial charge < -0.3 is 5.73 Å². The summed E-state index contributed by atoms with van der Waals surface area (Å²) in [6.07, 6.45) is 1.79. The highest BCUT2D eigenvalue weighted by atomic mass is 35.5. The number of hydrogen-bond acceptors (Lipinski definition) is 2. The van der Waals surface area contributed by atoms with E-state index in [4.69, 9.17) is 17.3 Å². The molecule has 2 nitrogen and oxygen atoms in total. The number of anilines is 1. The van der Waals surface area contributed by atoms with Crippen LogP contribution in [-0.2, 0) is 0 Å². The number of fused-ring (bicyclic) bond motifs is 1. The maximum Gasteiger partial charge on any atom is 0.0708 e. The van der Waals surface area contributed by atoms with E-state index in [1.807, 2.05) is 42.5 Å². The lowest BCUT2D eigenvalue weighted by Gasteiger charge is -2.07. The normalized spacial score (nSPS) is 10.7. The highest BCUT2D eigenvalue weighted by Gasteiger charge is 2.04. The van der Waals surface area contributed by atoms with E-state index in [0.29, 0.717) is 10.7 Å². The molecule has 1 heterocycles. The third-order valence-electron chi connectivity index (χ3n) is 2.93. The molecule has 2 N–H and O–H groups in total. The Hall–Kier alpha value is -2.06. The minimum atomic E-state index is 0.648. The first-order valence-corrected chi connectivity index (χ1v) is 6.02. The van der Waals surface area contributed by atoms with Gasteiger partial charge in [0, 0.05) is 27.9 Å². The van der Waals surface area contributed by atoms with Gasteiger partial charge >= 0.3 is 0 Å². The molecule has 0 aliphatic heterocycles. The lowest BCUT2D eigenvalue weighted by Crippen LogP contribution is -1.90. The van der Waals surface area contributed by atoms with E-state index >= 15 is 0 Å². The van der Waals surface area contributed by atoms with E-state index in [0.717, 1.165) is 22.0 Å². The summed E-state index contributed by atoms with van der Waals surface area (Å²) in [5.41, 5.74) is 9.66. The van der Waals surface area contributed by atoms with Crippen molar-refractivity contribution in [1.29, 1.82) is 0 Å². The van der Waals surface area contributed by atoms with Gasteiger partial charge in [0.1, 0.15) is 0 Å². The van der Waals surface area contributed by atoms with Crippen molar-refractivity contribution in [3.8, 4) is 11.1 Å². The zero-order chi connectivity index (χ0) is 12.5. The zero-order valence-electron chi connectivity index (χ0n) is 9.60. The van der Waals surface area contributed by atoms with Crippen LogP contribution in [0.2, 0.25) is 5.02 Å². The van der Waals surface area contributed by atoms with Crippen LogP contribution >= 0.6 is 11.6 Å². The van der Waals surface area contributed by atoms with Crippen molar-refractivity contribution in [2.45, 2.75) is 0 Å². The lowest BCUT2D eigenvalue weighted by molar-refractivity contribution is 1.41. The van der Waals surface area contributed by atoms with Crippen LogP contribution in [0.1, 0.15) is 0 Å². The predicted octanol–water partition coefficient (Wildman–Crippen LogP) is 4.14. The molecule has 0 aliphatic carbocycles. The van der Waals surface area contributed by atoms with Gasteiger partial charge in [-0.25, -0.2) is 0 Å². The number of nitrogens with zero attached hydrogens (tertiary/aromatic N) is 1. The predicted molar refractivity (Wildman–Crippen MR) is 76.6 cm³/mol. The SMILES string of the molecule is Nc1cc(Cl)ccc1-c1ccc2cccnc2c1. The van der Waals surface area contributed by atoms with Crippen LogP contribution in [0.4, 0.5) is 5.69 Å². The monoisotopic (exact) mass is 254 g/mol. The van der Waals surface area contributed by atoms with Crippen LogP contribution in [-0.4, -0.2) is 4.98 Å². The minimum absolute atomic E-state index is 0.648. The van der Waals surface area contributed by atoms with Gasteiger partial charge in [-0.1, -0.05) is 35.9 Å². The van der Waals surface area contributed by atoms with Gasteiger partial charge in [0.2, 0.25) is 0 Å². The summed E-state index contributed by atoms with van der Waals surface area (Å²) < 4.78 is 0. The summed E-state index contributed by atoms with van der Waals surface area (Å²) in [5, 5.41) is 1.77. The van der Waals surface area contributed by atoms with Crippen LogP contribution in [0, 0.1) is 0 Å². The van der Waals surface area contributed by atoms with Crippen LogP contribution in [0.3, 0.4) is 0 Å². The first-order valence-electron chi connectivity index (χ1n) is 5.64. The molecule has 1 aromatic heterocycles. The molecule has 3 heteroatoms. The van der Waals surface area contributed by atoms with Crippen molar-refractivity contribution >= 4 is 28.2 Å². The Morgan fingerprint density at radius 3 is 2.72 bits per heavy atom. The first-order chi connectivity index (χ1) is 8.74. The Kier molecular flexibility index (Phi) is 2.65. The highest BCUT2D eigenvalue weighted by Crippen LogP contribution is 2.30. The number of halogens is 1. The molecule has 18 heavy (non-hydrogen) atoms. The Bertz CT molecular complexity index is 723. The second-order valence-corrected chi connectivity index (χ2v) is 4.58. The summed E-state index contributed by atoms with van der Waals surface area (Å²) >= 11 is 5.91. The number of nitrogens with two attached hydrogens (primary N) is 1. The highest BCUT2D eigenvalue weighted by molar-refractivity contribution is 6.31. The second kappa shape index (κ2) is 4.31. The summed E-state index contributed by atoms with van der Waals surface area (Å²) in [6.45, 7) is 0. The standard InChI is InChI=1S/C15H11ClN2/c16-12-5-6-13(14(17)9-12)11-4-3-10-2-1-7-18-15(10)8-11/h1-9H,17H2. The van der Waals surface area contributed by atoms with E-state index in [1.165, 1.54) is 0 Å². The van der Waals surface area contributed by atoms with Crippen molar-refractivity contribution in [1.82, 2.24) is 4.98 Å². The van der Waals surface area contributed by atoms with Crippen LogP contribution in [0.15, 0.2) is 54.7 Å². The van der Waals surface area contributed by atoms with Gasteiger partial charge in [0.05, 0.1) is 5.52 Å². The van der Waals surface area contributed by atoms with Gasteiger partial charge in [-0.05, 0) is 29.8 Å². The van der Waals surface area contributed by atoms with Gasteiger partial charge in [-0.3, -0.25) is 4.98 Å². The largest absolute Gasteiger partial charge is 0.398 e. The summed E-state index contributed by atoms with van der Waals surface area (Å²) in [5.74, 6) is 0. The molecule has 0 spiro atoms. The van der Waals surface area contributed by atoms with Crippen LogP contribution in [0.25, 0.3) is 22.0 Å². The van der Waals surface area contributed by atoms with E-state index in [2.05, 4.69) is 4.98 Å². The second-order valence-electron chi connectivity index (χ2n) is 4.14. The molecule has 0 fully saturated rings. The van der Waals surface area contributed by atoms with E-state index in [-0.39, 0.29) is 0 Å². The number of benzene rings is 2. The number of rotatable bonds is 1. The van der Waals surface area contributed by atoms with Gasteiger partial charge in [0.15, 0.2) is 0 Å². The number of aromatic nitrogens is 1. The first kappa shape index (κ1) is 11.1. The fraction of sp³-hybridized carbons (Fsp3) is 0. The van der Waals surface area contributed by atoms with Crippen LogP contribution < -0.4 is 5.73 Å². The zero-order valence-corrected chi connectivity index (χ0v) is 10.4. The lowest BCUT2D eigenvalue weighted by atomic mass is 10.0. The molecule has 3 rings (SSSR count). The number of nitrogen functional groups attached to an aromatic ring is 1. The van der Waals surface area contributed by atoms with E-state index in [1.54, 1.807) is 12.3 Å². The van der Waals surface area contributed by atoms with Crippen molar-refractivity contribution in [3.63, 3.8) is 0 Å². The Balaban J connectivity index is 2.19. The van der Waals surface area contributed by atoms with Gasteiger partial charge in [-0.2, -0.15) is 0 Å². The van der Waals surface area contributed by atoms with E-state index < -0.39 is 0 Å². The fourth-order valence-electron chi connectivity index (χ4n) is 2.03. The third kappa shape index (κ3) is 1.91. The van der Waals surface area contributed by atoms with Crippen molar-refractivity contribution < 1.29 is 0 Å².